The largest absolute Gasteiger partial charge is 0.322 e. The fraction of sp³-hybridized carbons (Fsp3) is 0.556. The summed E-state index contributed by atoms with van der Waals surface area (Å²) in [4.78, 5) is 14.9. The van der Waals surface area contributed by atoms with Crippen molar-refractivity contribution in [3.63, 3.8) is 0 Å². The third-order valence-electron chi connectivity index (χ3n) is 2.57. The number of carbonyl (C=O) groups excluding carboxylic acids is 1. The fourth-order valence-electron chi connectivity index (χ4n) is 1.95. The minimum Gasteiger partial charge on any atom is -0.322 e. The van der Waals surface area contributed by atoms with Gasteiger partial charge in [0.25, 0.3) is 0 Å². The maximum atomic E-state index is 10.7. The molecule has 1 aromatic heterocycles. The van der Waals surface area contributed by atoms with Crippen molar-refractivity contribution in [2.24, 2.45) is 0 Å². The van der Waals surface area contributed by atoms with Gasteiger partial charge in [0.1, 0.15) is 4.60 Å². The molecule has 1 aromatic rings. The van der Waals surface area contributed by atoms with Gasteiger partial charge in [0.05, 0.1) is 5.69 Å². The van der Waals surface area contributed by atoms with Crippen LogP contribution < -0.4 is 0 Å². The predicted molar refractivity (Wildman–Crippen MR) is 53.0 cm³/mol. The van der Waals surface area contributed by atoms with Gasteiger partial charge in [-0.05, 0) is 42.1 Å². The minimum absolute atomic E-state index is 0.405. The van der Waals surface area contributed by atoms with Crippen LogP contribution in [0.3, 0.4) is 0 Å². The Kier molecular flexibility index (Phi) is 2.24. The van der Waals surface area contributed by atoms with E-state index in [2.05, 4.69) is 27.8 Å². The van der Waals surface area contributed by atoms with Crippen LogP contribution in [0, 0.1) is 0 Å². The SMILES string of the molecule is CC1CCCc2c(Br)nc(C=O)n21. The third-order valence-corrected chi connectivity index (χ3v) is 3.21. The second-order valence-electron chi connectivity index (χ2n) is 3.44. The summed E-state index contributed by atoms with van der Waals surface area (Å²) in [5.41, 5.74) is 1.17. The summed E-state index contributed by atoms with van der Waals surface area (Å²) in [7, 11) is 0. The van der Waals surface area contributed by atoms with Crippen LogP contribution in [0.2, 0.25) is 0 Å². The van der Waals surface area contributed by atoms with E-state index in [0.717, 1.165) is 23.7 Å². The normalized spacial score (nSPS) is 21.2. The van der Waals surface area contributed by atoms with Crippen LogP contribution in [0.5, 0.6) is 0 Å². The lowest BCUT2D eigenvalue weighted by Gasteiger charge is -2.22. The number of hydrogen-bond acceptors (Lipinski definition) is 2. The van der Waals surface area contributed by atoms with Gasteiger partial charge in [-0.1, -0.05) is 0 Å². The first-order valence-electron chi connectivity index (χ1n) is 4.46. The van der Waals surface area contributed by atoms with Gasteiger partial charge in [0.2, 0.25) is 0 Å². The number of hydrogen-bond donors (Lipinski definition) is 0. The van der Waals surface area contributed by atoms with E-state index >= 15 is 0 Å². The van der Waals surface area contributed by atoms with Gasteiger partial charge < -0.3 is 4.57 Å². The maximum absolute atomic E-state index is 10.7. The molecule has 3 nitrogen and oxygen atoms in total. The molecule has 1 aliphatic heterocycles. The Balaban J connectivity index is 2.58. The molecule has 2 heterocycles. The van der Waals surface area contributed by atoms with Crippen molar-refractivity contribution >= 4 is 22.2 Å². The molecular formula is C9H11BrN2O. The summed E-state index contributed by atoms with van der Waals surface area (Å²) in [6.07, 6.45) is 4.17. The summed E-state index contributed by atoms with van der Waals surface area (Å²) >= 11 is 3.38. The van der Waals surface area contributed by atoms with E-state index in [9.17, 15) is 4.79 Å². The van der Waals surface area contributed by atoms with Crippen molar-refractivity contribution in [3.8, 4) is 0 Å². The monoisotopic (exact) mass is 242 g/mol. The molecule has 1 aliphatic rings. The van der Waals surface area contributed by atoms with Gasteiger partial charge in [-0.3, -0.25) is 4.79 Å². The van der Waals surface area contributed by atoms with Crippen LogP contribution in [-0.2, 0) is 6.42 Å². The summed E-state index contributed by atoms with van der Waals surface area (Å²) < 4.78 is 2.88. The second kappa shape index (κ2) is 3.25. The molecule has 1 atom stereocenters. The highest BCUT2D eigenvalue weighted by Crippen LogP contribution is 2.30. The highest BCUT2D eigenvalue weighted by molar-refractivity contribution is 9.10. The topological polar surface area (TPSA) is 34.9 Å². The first kappa shape index (κ1) is 8.94. The van der Waals surface area contributed by atoms with Crippen LogP contribution in [0.25, 0.3) is 0 Å². The molecule has 4 heteroatoms. The summed E-state index contributed by atoms with van der Waals surface area (Å²) in [5.74, 6) is 0.550. The number of imidazole rings is 1. The predicted octanol–water partition coefficient (Wildman–Crippen LogP) is 2.36. The van der Waals surface area contributed by atoms with Gasteiger partial charge in [-0.25, -0.2) is 4.98 Å². The van der Waals surface area contributed by atoms with Gasteiger partial charge in [-0.15, -0.1) is 0 Å². The molecule has 0 fully saturated rings. The molecule has 0 bridgehead atoms. The Morgan fingerprint density at radius 1 is 1.69 bits per heavy atom. The van der Waals surface area contributed by atoms with E-state index in [1.54, 1.807) is 0 Å². The lowest BCUT2D eigenvalue weighted by molar-refractivity contribution is 0.110. The highest BCUT2D eigenvalue weighted by Gasteiger charge is 2.22. The molecular weight excluding hydrogens is 232 g/mol. The van der Waals surface area contributed by atoms with Gasteiger partial charge >= 0.3 is 0 Å². The molecule has 0 aromatic carbocycles. The van der Waals surface area contributed by atoms with Gasteiger partial charge in [-0.2, -0.15) is 0 Å². The van der Waals surface area contributed by atoms with Crippen LogP contribution in [0.4, 0.5) is 0 Å². The highest BCUT2D eigenvalue weighted by atomic mass is 79.9. The van der Waals surface area contributed by atoms with E-state index in [1.165, 1.54) is 12.1 Å². The van der Waals surface area contributed by atoms with Gasteiger partial charge in [0.15, 0.2) is 12.1 Å². The van der Waals surface area contributed by atoms with Crippen molar-refractivity contribution in [2.45, 2.75) is 32.2 Å². The first-order valence-corrected chi connectivity index (χ1v) is 5.25. The molecule has 0 saturated heterocycles. The van der Waals surface area contributed by atoms with E-state index in [0.29, 0.717) is 11.9 Å². The van der Waals surface area contributed by atoms with Crippen molar-refractivity contribution in [3.05, 3.63) is 16.1 Å². The summed E-state index contributed by atoms with van der Waals surface area (Å²) in [6, 6.07) is 0.405. The lowest BCUT2D eigenvalue weighted by Crippen LogP contribution is -2.17. The molecule has 0 saturated carbocycles. The molecule has 70 valence electrons. The lowest BCUT2D eigenvalue weighted by atomic mass is 10.0. The van der Waals surface area contributed by atoms with Crippen molar-refractivity contribution in [2.75, 3.05) is 0 Å². The molecule has 0 amide bonds. The van der Waals surface area contributed by atoms with Gasteiger partial charge in [0, 0.05) is 6.04 Å². The number of fused-ring (bicyclic) bond motifs is 1. The fourth-order valence-corrected chi connectivity index (χ4v) is 2.52. The Hall–Kier alpha value is -0.640. The zero-order chi connectivity index (χ0) is 9.42. The Morgan fingerprint density at radius 2 is 2.46 bits per heavy atom. The van der Waals surface area contributed by atoms with E-state index in [1.807, 2.05) is 4.57 Å². The van der Waals surface area contributed by atoms with Crippen LogP contribution >= 0.6 is 15.9 Å². The van der Waals surface area contributed by atoms with E-state index in [-0.39, 0.29) is 0 Å². The quantitative estimate of drug-likeness (QED) is 0.709. The van der Waals surface area contributed by atoms with Crippen molar-refractivity contribution < 1.29 is 4.79 Å². The Labute approximate surface area is 85.3 Å². The van der Waals surface area contributed by atoms with Crippen molar-refractivity contribution in [1.29, 1.82) is 0 Å². The zero-order valence-electron chi connectivity index (χ0n) is 7.46. The molecule has 0 radical (unpaired) electrons. The minimum atomic E-state index is 0.405. The van der Waals surface area contributed by atoms with Crippen molar-refractivity contribution in [1.82, 2.24) is 9.55 Å². The third kappa shape index (κ3) is 1.33. The first-order chi connectivity index (χ1) is 6.24. The number of rotatable bonds is 1. The standard InChI is InChI=1S/C9H11BrN2O/c1-6-3-2-4-7-9(10)11-8(5-13)12(6)7/h5-6H,2-4H2,1H3. The zero-order valence-corrected chi connectivity index (χ0v) is 9.04. The smallest absolute Gasteiger partial charge is 0.185 e. The average molecular weight is 243 g/mol. The molecule has 1 unspecified atom stereocenters. The molecule has 0 aliphatic carbocycles. The van der Waals surface area contributed by atoms with Crippen LogP contribution in [-0.4, -0.2) is 15.8 Å². The summed E-state index contributed by atoms with van der Waals surface area (Å²) in [5, 5.41) is 0. The maximum Gasteiger partial charge on any atom is 0.185 e. The van der Waals surface area contributed by atoms with Crippen LogP contribution in [0.15, 0.2) is 4.60 Å². The molecule has 2 rings (SSSR count). The van der Waals surface area contributed by atoms with E-state index < -0.39 is 0 Å². The Bertz CT molecular complexity index is 346. The molecule has 13 heavy (non-hydrogen) atoms. The number of carbonyl (C=O) groups is 1. The number of aromatic nitrogens is 2. The number of nitrogens with zero attached hydrogens (tertiary/aromatic N) is 2. The average Bonchev–Trinajstić information content (AvgIpc) is 2.45. The number of aldehydes is 1. The Morgan fingerprint density at radius 3 is 3.15 bits per heavy atom. The molecule has 0 N–H and O–H groups in total. The van der Waals surface area contributed by atoms with Crippen LogP contribution in [0.1, 0.15) is 42.1 Å². The van der Waals surface area contributed by atoms with E-state index in [4.69, 9.17) is 0 Å². The summed E-state index contributed by atoms with van der Waals surface area (Å²) in [6.45, 7) is 2.13. The number of halogens is 1. The second-order valence-corrected chi connectivity index (χ2v) is 4.19. The molecule has 0 spiro atoms.